The monoisotopic (exact) mass is 119 g/mol. The molecule has 0 radical (unpaired) electrons. The zero-order valence-corrected chi connectivity index (χ0v) is 1.80. The molecule has 0 heterocycles. The maximum atomic E-state index is 8.11. The Morgan fingerprint density at radius 3 is 1.50 bits per heavy atom. The van der Waals surface area contributed by atoms with Gasteiger partial charge in [-0.25, -0.2) is 0 Å². The van der Waals surface area contributed by atoms with E-state index in [2.05, 4.69) is 0 Å². The van der Waals surface area contributed by atoms with Crippen LogP contribution in [0.3, 0.4) is 0 Å². The topological polar surface area (TPSA) is 81.2 Å². The summed E-state index contributed by atoms with van der Waals surface area (Å²) in [6, 6.07) is 0. The third kappa shape index (κ3) is 93.1. The Morgan fingerprint density at radius 1 is 1.50 bits per heavy atom. The molecule has 0 aromatic carbocycles. The second kappa shape index (κ2) is 39.4. The minimum absolute atomic E-state index is 0. The second-order valence-corrected chi connectivity index (χ2v) is 0.0816. The molecule has 6 heavy (non-hydrogen) atoms. The van der Waals surface area contributed by atoms with Crippen molar-refractivity contribution in [1.82, 2.24) is 0 Å². The van der Waals surface area contributed by atoms with Crippen molar-refractivity contribution in [3.05, 3.63) is 4.91 Å². The van der Waals surface area contributed by atoms with Crippen molar-refractivity contribution in [2.45, 2.75) is 0 Å². The van der Waals surface area contributed by atoms with E-state index in [1.54, 1.807) is 0 Å². The van der Waals surface area contributed by atoms with Gasteiger partial charge >= 0.3 is 29.6 Å². The van der Waals surface area contributed by atoms with Crippen LogP contribution in [-0.2, 0) is 0 Å². The van der Waals surface area contributed by atoms with E-state index in [4.69, 9.17) is 10.1 Å². The number of hydrogen-bond acceptors (Lipinski definition) is 2. The Balaban J connectivity index is -0.00000000667. The summed E-state index contributed by atoms with van der Waals surface area (Å²) in [5.74, 6) is 0. The van der Waals surface area contributed by atoms with E-state index in [0.29, 0.717) is 0 Å². The van der Waals surface area contributed by atoms with E-state index < -0.39 is 0 Å². The van der Waals surface area contributed by atoms with Crippen LogP contribution in [0.1, 0.15) is 0 Å². The van der Waals surface area contributed by atoms with Gasteiger partial charge in [0.2, 0.25) is 0 Å². The Hall–Kier alpha value is 0.892. The van der Waals surface area contributed by atoms with E-state index in [9.17, 15) is 0 Å². The van der Waals surface area contributed by atoms with Crippen LogP contribution in [-0.4, -0.2) is 57.6 Å². The van der Waals surface area contributed by atoms with Crippen LogP contribution < -0.4 is 0 Å². The van der Waals surface area contributed by atoms with Crippen molar-refractivity contribution >= 4 is 46.9 Å². The van der Waals surface area contributed by atoms with E-state index in [1.165, 1.54) is 5.34 Å². The van der Waals surface area contributed by atoms with Gasteiger partial charge < -0.3 is 10.7 Å². The first-order chi connectivity index (χ1) is 1.41. The minimum atomic E-state index is 0. The average Bonchev–Trinajstić information content (AvgIpc) is 0.918. The Labute approximate surface area is 67.6 Å². The van der Waals surface area contributed by atoms with Crippen LogP contribution in [0.4, 0.5) is 0 Å². The molecular weight excluding hydrogens is 112 g/mol. The van der Waals surface area contributed by atoms with Crippen molar-refractivity contribution in [2.24, 2.45) is 5.34 Å². The standard InChI is InChI=1S/Al.HNO2.Na.H2O.4H/c;2-1-3;;;;;;/h;(H,2,3);;1H2;;;;. The number of rotatable bonds is 0. The molecule has 0 fully saturated rings. The van der Waals surface area contributed by atoms with Gasteiger partial charge in [0.15, 0.2) is 22.7 Å². The molecule has 0 spiro atoms. The van der Waals surface area contributed by atoms with Crippen LogP contribution >= 0.6 is 0 Å². The zero-order valence-electron chi connectivity index (χ0n) is 1.80. The fraction of sp³-hybridized carbons (Fsp3) is 0. The maximum absolute atomic E-state index is 8.11. The molecular formula is H7AlNNaO3. The Bertz CT molecular complexity index is 18.3. The predicted molar refractivity (Wildman–Crippen MR) is 28.3 cm³/mol. The van der Waals surface area contributed by atoms with Crippen molar-refractivity contribution in [3.63, 3.8) is 0 Å². The molecule has 0 atom stereocenters. The van der Waals surface area contributed by atoms with Crippen LogP contribution in [0.2, 0.25) is 0 Å². The molecule has 0 rings (SSSR count). The first kappa shape index (κ1) is 28.6. The van der Waals surface area contributed by atoms with Crippen LogP contribution in [0.25, 0.3) is 0 Å². The third-order valence-corrected chi connectivity index (χ3v) is 0. The summed E-state index contributed by atoms with van der Waals surface area (Å²) >= 11 is 0. The van der Waals surface area contributed by atoms with Crippen molar-refractivity contribution in [3.8, 4) is 0 Å². The molecule has 0 aromatic heterocycles. The summed E-state index contributed by atoms with van der Waals surface area (Å²) in [5, 5.41) is 7.89. The van der Waals surface area contributed by atoms with Crippen molar-refractivity contribution in [2.75, 3.05) is 0 Å². The molecule has 0 amide bonds. The molecule has 4 nitrogen and oxygen atoms in total. The van der Waals surface area contributed by atoms with Gasteiger partial charge in [0.1, 0.15) is 0 Å². The third-order valence-electron chi connectivity index (χ3n) is 0. The fourth-order valence-electron chi connectivity index (χ4n) is 0. The molecule has 0 unspecified atom stereocenters. The SMILES string of the molecule is O.O=NO.[AlH3].[NaH]. The molecule has 0 aliphatic rings. The molecule has 0 aliphatic heterocycles. The normalized spacial score (nSPS) is 2.00. The second-order valence-electron chi connectivity index (χ2n) is 0.0816. The molecule has 0 aromatic rings. The summed E-state index contributed by atoms with van der Waals surface area (Å²) in [7, 11) is 0. The molecule has 0 aliphatic carbocycles. The van der Waals surface area contributed by atoms with Gasteiger partial charge in [0, 0.05) is 0 Å². The Morgan fingerprint density at radius 2 is 1.50 bits per heavy atom. The number of hydrogen-bond donors (Lipinski definition) is 1. The number of nitrogens with zero attached hydrogens (tertiary/aromatic N) is 1. The van der Waals surface area contributed by atoms with E-state index in [0.717, 1.165) is 0 Å². The van der Waals surface area contributed by atoms with Crippen LogP contribution in [0.15, 0.2) is 5.34 Å². The Kier molecular flexibility index (Phi) is 188. The van der Waals surface area contributed by atoms with Gasteiger partial charge in [-0.2, -0.15) is 0 Å². The van der Waals surface area contributed by atoms with Crippen molar-refractivity contribution in [1.29, 1.82) is 0 Å². The summed E-state index contributed by atoms with van der Waals surface area (Å²) in [4.78, 5) is 8.11. The average molecular weight is 119 g/mol. The van der Waals surface area contributed by atoms with E-state index >= 15 is 0 Å². The van der Waals surface area contributed by atoms with E-state index in [1.807, 2.05) is 0 Å². The first-order valence-corrected chi connectivity index (χ1v) is 0.383. The molecule has 0 saturated carbocycles. The van der Waals surface area contributed by atoms with Gasteiger partial charge in [-0.3, -0.25) is 0 Å². The summed E-state index contributed by atoms with van der Waals surface area (Å²) < 4.78 is 0. The van der Waals surface area contributed by atoms with Gasteiger partial charge in [-0.15, -0.1) is 4.91 Å². The van der Waals surface area contributed by atoms with Gasteiger partial charge in [0.05, 0.1) is 0 Å². The fourth-order valence-corrected chi connectivity index (χ4v) is 0. The van der Waals surface area contributed by atoms with Gasteiger partial charge in [-0.1, -0.05) is 0 Å². The first-order valence-electron chi connectivity index (χ1n) is 0.383. The van der Waals surface area contributed by atoms with Crippen molar-refractivity contribution < 1.29 is 10.7 Å². The summed E-state index contributed by atoms with van der Waals surface area (Å²) in [6.45, 7) is 0. The molecule has 0 bridgehead atoms. The molecule has 0 saturated heterocycles. The molecule has 34 valence electrons. The van der Waals surface area contributed by atoms with Crippen LogP contribution in [0, 0.1) is 4.91 Å². The van der Waals surface area contributed by atoms with Gasteiger partial charge in [-0.05, 0) is 0 Å². The predicted octanol–water partition coefficient (Wildman–Crippen LogP) is -2.52. The van der Waals surface area contributed by atoms with E-state index in [-0.39, 0.29) is 52.4 Å². The molecule has 3 N–H and O–H groups in total. The quantitative estimate of drug-likeness (QED) is 0.217. The summed E-state index contributed by atoms with van der Waals surface area (Å²) in [5.41, 5.74) is 0. The summed E-state index contributed by atoms with van der Waals surface area (Å²) in [6.07, 6.45) is 0. The molecule has 6 heteroatoms. The van der Waals surface area contributed by atoms with Gasteiger partial charge in [0.25, 0.3) is 0 Å². The van der Waals surface area contributed by atoms with Crippen LogP contribution in [0.5, 0.6) is 0 Å². The zero-order chi connectivity index (χ0) is 2.71.